The summed E-state index contributed by atoms with van der Waals surface area (Å²) >= 11 is 0. The van der Waals surface area contributed by atoms with Crippen LogP contribution >= 0.6 is 0 Å². The molecule has 0 amide bonds. The van der Waals surface area contributed by atoms with Crippen LogP contribution in [0, 0.1) is 34.5 Å². The molecule has 0 radical (unpaired) electrons. The standard InChI is InChI=1S/C21H30O2/c1-4-12-5-6-14-17-15(8-10-20(12,14)2)21(3)9-7-13(22)11-16(21)18-19(17)23-18/h11-12,14-15,17-19H,4-10H2,1-3H3/t12-,14?,15?,17?,18+,19-,20+,21+/m0/s1. The number of hydrogen-bond donors (Lipinski definition) is 0. The molecule has 2 nitrogen and oxygen atoms in total. The highest BCUT2D eigenvalue weighted by molar-refractivity contribution is 5.92. The first kappa shape index (κ1) is 14.7. The highest BCUT2D eigenvalue weighted by atomic mass is 16.6. The second kappa shape index (κ2) is 4.50. The number of hydrogen-bond acceptors (Lipinski definition) is 2. The molecule has 4 aliphatic carbocycles. The molecule has 0 N–H and O–H groups in total. The molecule has 5 aliphatic rings. The molecule has 0 aromatic carbocycles. The van der Waals surface area contributed by atoms with E-state index in [9.17, 15) is 4.79 Å². The smallest absolute Gasteiger partial charge is 0.155 e. The highest BCUT2D eigenvalue weighted by Crippen LogP contribution is 2.70. The summed E-state index contributed by atoms with van der Waals surface area (Å²) in [6.45, 7) is 7.43. The van der Waals surface area contributed by atoms with E-state index in [1.165, 1.54) is 37.7 Å². The van der Waals surface area contributed by atoms with Gasteiger partial charge in [-0.2, -0.15) is 0 Å². The van der Waals surface area contributed by atoms with Gasteiger partial charge < -0.3 is 4.74 Å². The second-order valence-electron chi connectivity index (χ2n) is 9.52. The molecular weight excluding hydrogens is 284 g/mol. The second-order valence-corrected chi connectivity index (χ2v) is 9.52. The van der Waals surface area contributed by atoms with Crippen molar-refractivity contribution in [1.82, 2.24) is 0 Å². The van der Waals surface area contributed by atoms with Crippen molar-refractivity contribution < 1.29 is 9.53 Å². The number of rotatable bonds is 1. The van der Waals surface area contributed by atoms with Gasteiger partial charge in [-0.05, 0) is 78.3 Å². The van der Waals surface area contributed by atoms with Crippen LogP contribution in [0.5, 0.6) is 0 Å². The zero-order valence-corrected chi connectivity index (χ0v) is 14.8. The van der Waals surface area contributed by atoms with E-state index < -0.39 is 0 Å². The largest absolute Gasteiger partial charge is 0.365 e. The summed E-state index contributed by atoms with van der Waals surface area (Å²) < 4.78 is 6.23. The van der Waals surface area contributed by atoms with Gasteiger partial charge in [0.2, 0.25) is 0 Å². The molecule has 4 fully saturated rings. The lowest BCUT2D eigenvalue weighted by Crippen LogP contribution is -2.53. The fraction of sp³-hybridized carbons (Fsp3) is 0.857. The molecule has 1 saturated heterocycles. The van der Waals surface area contributed by atoms with Crippen LogP contribution < -0.4 is 0 Å². The van der Waals surface area contributed by atoms with Crippen molar-refractivity contribution in [3.05, 3.63) is 11.6 Å². The molecule has 1 heterocycles. The van der Waals surface area contributed by atoms with Gasteiger partial charge in [-0.1, -0.05) is 27.2 Å². The monoisotopic (exact) mass is 314 g/mol. The third kappa shape index (κ3) is 1.72. The van der Waals surface area contributed by atoms with E-state index in [1.54, 1.807) is 0 Å². The van der Waals surface area contributed by atoms with E-state index in [1.807, 2.05) is 6.08 Å². The van der Waals surface area contributed by atoms with Crippen molar-refractivity contribution in [2.24, 2.45) is 34.5 Å². The molecule has 0 aromatic rings. The quantitative estimate of drug-likeness (QED) is 0.665. The Balaban J connectivity index is 1.55. The molecule has 3 unspecified atom stereocenters. The lowest BCUT2D eigenvalue weighted by molar-refractivity contribution is -0.117. The van der Waals surface area contributed by atoms with Crippen LogP contribution in [0.3, 0.4) is 0 Å². The maximum atomic E-state index is 12.0. The van der Waals surface area contributed by atoms with Crippen LogP contribution in [0.15, 0.2) is 11.6 Å². The summed E-state index contributed by atoms with van der Waals surface area (Å²) in [6, 6.07) is 0. The van der Waals surface area contributed by atoms with Gasteiger partial charge in [-0.3, -0.25) is 4.79 Å². The molecule has 5 rings (SSSR count). The predicted octanol–water partition coefficient (Wildman–Crippen LogP) is 4.53. The number of epoxide rings is 1. The van der Waals surface area contributed by atoms with E-state index in [4.69, 9.17) is 4.74 Å². The van der Waals surface area contributed by atoms with Gasteiger partial charge in [0, 0.05) is 6.42 Å². The first-order valence-electron chi connectivity index (χ1n) is 9.89. The fourth-order valence-corrected chi connectivity index (χ4v) is 7.59. The van der Waals surface area contributed by atoms with E-state index >= 15 is 0 Å². The van der Waals surface area contributed by atoms with Crippen molar-refractivity contribution in [2.45, 2.75) is 77.9 Å². The van der Waals surface area contributed by atoms with Crippen LogP contribution in [-0.4, -0.2) is 18.0 Å². The first-order valence-corrected chi connectivity index (χ1v) is 9.89. The Morgan fingerprint density at radius 2 is 2.00 bits per heavy atom. The van der Waals surface area contributed by atoms with E-state index in [2.05, 4.69) is 20.8 Å². The van der Waals surface area contributed by atoms with Crippen LogP contribution in [-0.2, 0) is 9.53 Å². The van der Waals surface area contributed by atoms with Gasteiger partial charge in [0.1, 0.15) is 6.10 Å². The minimum Gasteiger partial charge on any atom is -0.365 e. The van der Waals surface area contributed by atoms with Gasteiger partial charge in [0.05, 0.1) is 6.10 Å². The van der Waals surface area contributed by atoms with Crippen molar-refractivity contribution in [3.8, 4) is 0 Å². The Morgan fingerprint density at radius 3 is 2.78 bits per heavy atom. The SMILES string of the molecule is CC[C@H]1CCC2C3C(CC[C@@]21C)[C@@]1(C)CCC(=O)C=C1[C@H]1O[C@@H]31. The Morgan fingerprint density at radius 1 is 1.17 bits per heavy atom. The number of carbonyl (C=O) groups is 1. The molecule has 0 spiro atoms. The summed E-state index contributed by atoms with van der Waals surface area (Å²) in [6.07, 6.45) is 11.4. The zero-order valence-electron chi connectivity index (χ0n) is 14.8. The van der Waals surface area contributed by atoms with Crippen molar-refractivity contribution in [3.63, 3.8) is 0 Å². The van der Waals surface area contributed by atoms with Gasteiger partial charge in [0.15, 0.2) is 5.78 Å². The average molecular weight is 314 g/mol. The number of carbonyl (C=O) groups excluding carboxylic acids is 1. The molecule has 3 saturated carbocycles. The summed E-state index contributed by atoms with van der Waals surface area (Å²) in [5, 5.41) is 0. The summed E-state index contributed by atoms with van der Waals surface area (Å²) in [4.78, 5) is 12.0. The lowest BCUT2D eigenvalue weighted by atomic mass is 9.47. The van der Waals surface area contributed by atoms with Crippen LogP contribution in [0.25, 0.3) is 0 Å². The molecule has 23 heavy (non-hydrogen) atoms. The fourth-order valence-electron chi connectivity index (χ4n) is 7.59. The van der Waals surface area contributed by atoms with Gasteiger partial charge in [0.25, 0.3) is 0 Å². The minimum atomic E-state index is 0.238. The maximum absolute atomic E-state index is 12.0. The van der Waals surface area contributed by atoms with E-state index in [-0.39, 0.29) is 11.5 Å². The van der Waals surface area contributed by atoms with Gasteiger partial charge in [-0.25, -0.2) is 0 Å². The molecular formula is C21H30O2. The Bertz CT molecular complexity index is 593. The number of fused-ring (bicyclic) bond motifs is 8. The topological polar surface area (TPSA) is 29.6 Å². The molecule has 0 bridgehead atoms. The minimum absolute atomic E-state index is 0.238. The van der Waals surface area contributed by atoms with Crippen molar-refractivity contribution >= 4 is 5.78 Å². The number of ether oxygens (including phenoxy) is 1. The first-order chi connectivity index (χ1) is 11.0. The van der Waals surface area contributed by atoms with Crippen molar-refractivity contribution in [1.29, 1.82) is 0 Å². The Kier molecular flexibility index (Phi) is 2.88. The summed E-state index contributed by atoms with van der Waals surface area (Å²) in [5.74, 6) is 3.61. The van der Waals surface area contributed by atoms with Crippen LogP contribution in [0.4, 0.5) is 0 Å². The average Bonchev–Trinajstić information content (AvgIpc) is 3.24. The Hall–Kier alpha value is -0.630. The van der Waals surface area contributed by atoms with Gasteiger partial charge >= 0.3 is 0 Å². The number of ketones is 1. The lowest BCUT2D eigenvalue weighted by Gasteiger charge is -2.56. The molecule has 1 aliphatic heterocycles. The van der Waals surface area contributed by atoms with E-state index in [0.29, 0.717) is 17.3 Å². The predicted molar refractivity (Wildman–Crippen MR) is 89.9 cm³/mol. The molecule has 8 atom stereocenters. The molecule has 126 valence electrons. The highest BCUT2D eigenvalue weighted by Gasteiger charge is 2.68. The maximum Gasteiger partial charge on any atom is 0.155 e. The summed E-state index contributed by atoms with van der Waals surface area (Å²) in [7, 11) is 0. The normalized spacial score (nSPS) is 57.0. The molecule has 2 heteroatoms. The van der Waals surface area contributed by atoms with E-state index in [0.717, 1.165) is 36.5 Å². The van der Waals surface area contributed by atoms with Crippen molar-refractivity contribution in [2.75, 3.05) is 0 Å². The Labute approximate surface area is 140 Å². The van der Waals surface area contributed by atoms with Crippen LogP contribution in [0.2, 0.25) is 0 Å². The van der Waals surface area contributed by atoms with Crippen LogP contribution in [0.1, 0.15) is 65.7 Å². The summed E-state index contributed by atoms with van der Waals surface area (Å²) in [5.41, 5.74) is 2.16. The van der Waals surface area contributed by atoms with Gasteiger partial charge in [-0.15, -0.1) is 0 Å². The zero-order chi connectivity index (χ0) is 16.0. The third-order valence-corrected chi connectivity index (χ3v) is 8.92. The molecule has 0 aromatic heterocycles. The third-order valence-electron chi connectivity index (χ3n) is 8.92.